The zero-order valence-corrected chi connectivity index (χ0v) is 40.9. The van der Waals surface area contributed by atoms with Gasteiger partial charge >= 0.3 is 19.5 Å². The summed E-state index contributed by atoms with van der Waals surface area (Å²) in [4.78, 5) is 0. The molecule has 0 bridgehead atoms. The largest absolute Gasteiger partial charge is 2.00 e. The number of nitrogens with zero attached hydrogens (tertiary/aromatic N) is 3. The third-order valence-corrected chi connectivity index (χ3v) is 11.8. The molecule has 0 saturated heterocycles. The summed E-state index contributed by atoms with van der Waals surface area (Å²) in [6.07, 6.45) is 33.2. The van der Waals surface area contributed by atoms with Crippen molar-refractivity contribution in [3.63, 3.8) is 0 Å². The fourth-order valence-electron chi connectivity index (χ4n) is 7.93. The van der Waals surface area contributed by atoms with Gasteiger partial charge in [0.15, 0.2) is 0 Å². The predicted octanol–water partition coefficient (Wildman–Crippen LogP) is 15.0. The maximum Gasteiger partial charge on any atom is 2.00 e. The topological polar surface area (TPSA) is 0 Å². The Morgan fingerprint density at radius 2 is 0.250 bits per heavy atom. The van der Waals surface area contributed by atoms with Gasteiger partial charge in [-0.3, -0.25) is 0 Å². The average molecular weight is 828 g/mol. The van der Waals surface area contributed by atoms with Crippen molar-refractivity contribution in [1.29, 1.82) is 0 Å². The van der Waals surface area contributed by atoms with Gasteiger partial charge in [0.05, 0.1) is 78.5 Å². The van der Waals surface area contributed by atoms with E-state index in [-0.39, 0.29) is 19.5 Å². The van der Waals surface area contributed by atoms with Gasteiger partial charge in [-0.15, -0.1) is 0 Å². The summed E-state index contributed by atoms with van der Waals surface area (Å²) in [7, 11) is 0. The first-order chi connectivity index (χ1) is 24.7. The molecule has 3 nitrogen and oxygen atoms in total. The standard InChI is InChI=1S/3C16H36N.Ru/c3*1-5-9-13-17(14-10-6-2,15-11-7-3)16-12-8-4;/h3*5-16H2,1-4H3;/q3*+1;+2. The third kappa shape index (κ3) is 33.8. The van der Waals surface area contributed by atoms with Crippen molar-refractivity contribution >= 4 is 0 Å². The van der Waals surface area contributed by atoms with E-state index in [1.54, 1.807) is 0 Å². The molecule has 52 heavy (non-hydrogen) atoms. The smallest absolute Gasteiger partial charge is 0.324 e. The molecule has 0 aromatic carbocycles. The first-order valence-corrected chi connectivity index (χ1v) is 24.3. The molecular formula is C48H108N3Ru+5. The molecule has 0 amide bonds. The minimum absolute atomic E-state index is 0. The monoisotopic (exact) mass is 829 g/mol. The van der Waals surface area contributed by atoms with E-state index in [2.05, 4.69) is 83.1 Å². The van der Waals surface area contributed by atoms with Crippen LogP contribution < -0.4 is 0 Å². The Morgan fingerprint density at radius 3 is 0.308 bits per heavy atom. The zero-order valence-electron chi connectivity index (χ0n) is 39.2. The zero-order chi connectivity index (χ0) is 39.0. The molecule has 0 spiro atoms. The molecule has 0 atom stereocenters. The van der Waals surface area contributed by atoms with Crippen LogP contribution in [0, 0.1) is 0 Å². The van der Waals surface area contributed by atoms with Crippen LogP contribution in [0.4, 0.5) is 0 Å². The van der Waals surface area contributed by atoms with E-state index in [9.17, 15) is 0 Å². The molecule has 0 saturated carbocycles. The van der Waals surface area contributed by atoms with Gasteiger partial charge in [-0.2, -0.15) is 0 Å². The van der Waals surface area contributed by atoms with Crippen LogP contribution in [0.2, 0.25) is 0 Å². The Morgan fingerprint density at radius 1 is 0.173 bits per heavy atom. The van der Waals surface area contributed by atoms with E-state index < -0.39 is 0 Å². The summed E-state index contributed by atoms with van der Waals surface area (Å²) in [6, 6.07) is 0. The minimum Gasteiger partial charge on any atom is -0.324 e. The summed E-state index contributed by atoms with van der Waals surface area (Å²) in [5, 5.41) is 0. The molecule has 0 N–H and O–H groups in total. The van der Waals surface area contributed by atoms with Gasteiger partial charge in [-0.25, -0.2) is 0 Å². The van der Waals surface area contributed by atoms with E-state index in [1.807, 2.05) is 0 Å². The van der Waals surface area contributed by atoms with Gasteiger partial charge in [-0.05, 0) is 77.0 Å². The van der Waals surface area contributed by atoms with Crippen LogP contribution in [0.5, 0.6) is 0 Å². The van der Waals surface area contributed by atoms with Gasteiger partial charge in [0, 0.05) is 0 Å². The normalized spacial score (nSPS) is 11.8. The second-order valence-electron chi connectivity index (χ2n) is 17.0. The van der Waals surface area contributed by atoms with Crippen LogP contribution in [0.3, 0.4) is 0 Å². The van der Waals surface area contributed by atoms with Gasteiger partial charge < -0.3 is 13.4 Å². The molecule has 0 radical (unpaired) electrons. The summed E-state index contributed by atoms with van der Waals surface area (Å²) >= 11 is 0. The molecule has 0 aromatic rings. The molecule has 318 valence electrons. The summed E-state index contributed by atoms with van der Waals surface area (Å²) in [5.41, 5.74) is 0. The van der Waals surface area contributed by atoms with Crippen molar-refractivity contribution in [2.24, 2.45) is 0 Å². The molecule has 0 rings (SSSR count). The summed E-state index contributed by atoms with van der Waals surface area (Å²) < 4.78 is 4.26. The summed E-state index contributed by atoms with van der Waals surface area (Å²) in [5.74, 6) is 0. The molecular weight excluding hydrogens is 720 g/mol. The fraction of sp³-hybridized carbons (Fsp3) is 1.00. The van der Waals surface area contributed by atoms with Gasteiger partial charge in [-0.1, -0.05) is 160 Å². The molecule has 0 aliphatic rings. The van der Waals surface area contributed by atoms with Crippen LogP contribution >= 0.6 is 0 Å². The van der Waals surface area contributed by atoms with Crippen LogP contribution in [0.1, 0.15) is 237 Å². The molecule has 0 aromatic heterocycles. The summed E-state index contributed by atoms with van der Waals surface area (Å²) in [6.45, 7) is 45.1. The first kappa shape index (κ1) is 59.2. The molecule has 0 unspecified atom stereocenters. The molecule has 0 heterocycles. The molecule has 4 heteroatoms. The number of quaternary nitrogens is 3. The van der Waals surface area contributed by atoms with Gasteiger partial charge in [0.25, 0.3) is 0 Å². The van der Waals surface area contributed by atoms with Crippen molar-refractivity contribution in [2.45, 2.75) is 237 Å². The Labute approximate surface area is 347 Å². The van der Waals surface area contributed by atoms with Crippen molar-refractivity contribution in [2.75, 3.05) is 78.5 Å². The maximum absolute atomic E-state index is 2.33. The Kier molecular flexibility index (Phi) is 50.3. The number of hydrogen-bond acceptors (Lipinski definition) is 0. The number of rotatable bonds is 36. The van der Waals surface area contributed by atoms with E-state index in [0.717, 1.165) is 0 Å². The second kappa shape index (κ2) is 44.2. The number of hydrogen-bond donors (Lipinski definition) is 0. The van der Waals surface area contributed by atoms with Gasteiger partial charge in [0.2, 0.25) is 0 Å². The Bertz CT molecular complexity index is 441. The van der Waals surface area contributed by atoms with E-state index in [4.69, 9.17) is 0 Å². The van der Waals surface area contributed by atoms with Crippen LogP contribution in [0.25, 0.3) is 0 Å². The second-order valence-corrected chi connectivity index (χ2v) is 17.0. The SMILES string of the molecule is CCCC[N+](CCCC)(CCCC)CCCC.CCCC[N+](CCCC)(CCCC)CCCC.CCCC[N+](CCCC)(CCCC)CCCC.[Ru+2]. The van der Waals surface area contributed by atoms with E-state index >= 15 is 0 Å². The van der Waals surface area contributed by atoms with Crippen molar-refractivity contribution in [3.8, 4) is 0 Å². The van der Waals surface area contributed by atoms with E-state index in [1.165, 1.54) is 246 Å². The Balaban J connectivity index is -0.000000329. The molecule has 0 aliphatic carbocycles. The van der Waals surface area contributed by atoms with Crippen molar-refractivity contribution in [1.82, 2.24) is 0 Å². The average Bonchev–Trinajstić information content (AvgIpc) is 3.16. The Hall–Kier alpha value is 0.503. The number of unbranched alkanes of at least 4 members (excludes halogenated alkanes) is 12. The fourth-order valence-corrected chi connectivity index (χ4v) is 7.93. The van der Waals surface area contributed by atoms with Crippen molar-refractivity contribution in [3.05, 3.63) is 0 Å². The molecule has 0 fully saturated rings. The van der Waals surface area contributed by atoms with Gasteiger partial charge in [0.1, 0.15) is 0 Å². The third-order valence-electron chi connectivity index (χ3n) is 11.8. The van der Waals surface area contributed by atoms with E-state index in [0.29, 0.717) is 0 Å². The maximum atomic E-state index is 2.33. The van der Waals surface area contributed by atoms with Crippen LogP contribution in [-0.4, -0.2) is 92.0 Å². The quantitative estimate of drug-likeness (QED) is 0.0436. The minimum atomic E-state index is 0. The van der Waals surface area contributed by atoms with Crippen LogP contribution in [0.15, 0.2) is 0 Å². The van der Waals surface area contributed by atoms with Crippen molar-refractivity contribution < 1.29 is 32.9 Å². The predicted molar refractivity (Wildman–Crippen MR) is 238 cm³/mol. The molecule has 0 aliphatic heterocycles. The van der Waals surface area contributed by atoms with Crippen LogP contribution in [-0.2, 0) is 19.5 Å². The first-order valence-electron chi connectivity index (χ1n) is 24.3.